The van der Waals surface area contributed by atoms with Crippen molar-refractivity contribution < 1.29 is 18.3 Å². The molecule has 0 unspecified atom stereocenters. The Balaban J connectivity index is 1.63. The lowest BCUT2D eigenvalue weighted by Crippen LogP contribution is -2.18. The number of hydrogen-bond acceptors (Lipinski definition) is 5. The Kier molecular flexibility index (Phi) is 5.41. The minimum Gasteiger partial charge on any atom is -0.423 e. The Bertz CT molecular complexity index is 1430. The summed E-state index contributed by atoms with van der Waals surface area (Å²) in [5.74, 6) is -1.21. The van der Waals surface area contributed by atoms with E-state index in [1.807, 2.05) is 6.07 Å². The smallest absolute Gasteiger partial charge is 0.351 e. The van der Waals surface area contributed by atoms with Gasteiger partial charge in [0.15, 0.2) is 0 Å². The summed E-state index contributed by atoms with van der Waals surface area (Å²) < 4.78 is 24.5. The van der Waals surface area contributed by atoms with Crippen molar-refractivity contribution in [1.82, 2.24) is 0 Å². The van der Waals surface area contributed by atoms with Gasteiger partial charge in [0.25, 0.3) is 0 Å². The summed E-state index contributed by atoms with van der Waals surface area (Å²) in [5.41, 5.74) is 0.150. The van der Waals surface area contributed by atoms with Crippen LogP contribution in [-0.2, 0) is 0 Å². The SMILES string of the molecule is N#C/C(=C/c1cccc(OC(=O)c2cc3ccccc3oc2=O)c1)c1ccccc1F. The van der Waals surface area contributed by atoms with Gasteiger partial charge in [-0.3, -0.25) is 0 Å². The van der Waals surface area contributed by atoms with Crippen molar-refractivity contribution in [2.45, 2.75) is 0 Å². The number of rotatable bonds is 4. The zero-order chi connectivity index (χ0) is 21.8. The molecular formula is C25H14FNO4. The normalized spacial score (nSPS) is 11.2. The number of para-hydroxylation sites is 1. The number of esters is 1. The zero-order valence-corrected chi connectivity index (χ0v) is 16.0. The number of allylic oxidation sites excluding steroid dienone is 1. The predicted octanol–water partition coefficient (Wildman–Crippen LogP) is 5.22. The highest BCUT2D eigenvalue weighted by Crippen LogP contribution is 2.23. The molecule has 6 heteroatoms. The topological polar surface area (TPSA) is 80.3 Å². The summed E-state index contributed by atoms with van der Waals surface area (Å²) in [7, 11) is 0. The molecule has 0 atom stereocenters. The van der Waals surface area contributed by atoms with Crippen LogP contribution in [0.1, 0.15) is 21.5 Å². The molecule has 5 nitrogen and oxygen atoms in total. The van der Waals surface area contributed by atoms with Crippen LogP contribution in [0.3, 0.4) is 0 Å². The molecule has 0 fully saturated rings. The van der Waals surface area contributed by atoms with Crippen molar-refractivity contribution in [2.24, 2.45) is 0 Å². The molecule has 3 aromatic carbocycles. The molecule has 150 valence electrons. The van der Waals surface area contributed by atoms with Gasteiger partial charge in [0.05, 0.1) is 11.6 Å². The van der Waals surface area contributed by atoms with E-state index in [1.54, 1.807) is 42.5 Å². The summed E-state index contributed by atoms with van der Waals surface area (Å²) in [6.45, 7) is 0. The maximum atomic E-state index is 14.0. The molecule has 0 N–H and O–H groups in total. The summed E-state index contributed by atoms with van der Waals surface area (Å²) in [4.78, 5) is 24.7. The average molecular weight is 411 g/mol. The fourth-order valence-electron chi connectivity index (χ4n) is 3.05. The summed E-state index contributed by atoms with van der Waals surface area (Å²) >= 11 is 0. The van der Waals surface area contributed by atoms with E-state index in [1.165, 1.54) is 42.5 Å². The van der Waals surface area contributed by atoms with Crippen molar-refractivity contribution in [2.75, 3.05) is 0 Å². The first-order chi connectivity index (χ1) is 15.0. The van der Waals surface area contributed by atoms with Gasteiger partial charge in [-0.2, -0.15) is 5.26 Å². The fraction of sp³-hybridized carbons (Fsp3) is 0. The Morgan fingerprint density at radius 3 is 2.55 bits per heavy atom. The monoisotopic (exact) mass is 411 g/mol. The van der Waals surface area contributed by atoms with Crippen LogP contribution < -0.4 is 10.4 Å². The molecule has 31 heavy (non-hydrogen) atoms. The lowest BCUT2D eigenvalue weighted by molar-refractivity contribution is 0.0730. The standard InChI is InChI=1S/C25H14FNO4/c26-22-10-3-2-9-20(22)18(15-27)12-16-6-5-8-19(13-16)30-24(28)21-14-17-7-1-4-11-23(17)31-25(21)29/h1-14H/b18-12-. The molecule has 0 saturated heterocycles. The van der Waals surface area contributed by atoms with Gasteiger partial charge in [0, 0.05) is 10.9 Å². The number of ether oxygens (including phenoxy) is 1. The molecule has 0 aliphatic heterocycles. The number of fused-ring (bicyclic) bond motifs is 1. The molecule has 4 aromatic rings. The predicted molar refractivity (Wildman–Crippen MR) is 114 cm³/mol. The summed E-state index contributed by atoms with van der Waals surface area (Å²) in [5, 5.41) is 10.0. The van der Waals surface area contributed by atoms with E-state index in [4.69, 9.17) is 9.15 Å². The number of carbonyl (C=O) groups is 1. The second kappa shape index (κ2) is 8.47. The highest BCUT2D eigenvalue weighted by Gasteiger charge is 2.16. The summed E-state index contributed by atoms with van der Waals surface area (Å²) in [6, 6.07) is 22.5. The second-order valence-electron chi connectivity index (χ2n) is 6.60. The maximum Gasteiger partial charge on any atom is 0.351 e. The minimum absolute atomic E-state index is 0.122. The van der Waals surface area contributed by atoms with Gasteiger partial charge in [-0.15, -0.1) is 0 Å². The minimum atomic E-state index is -0.866. The fourth-order valence-corrected chi connectivity index (χ4v) is 3.05. The largest absolute Gasteiger partial charge is 0.423 e. The van der Waals surface area contributed by atoms with Crippen molar-refractivity contribution in [3.8, 4) is 11.8 Å². The van der Waals surface area contributed by atoms with Crippen molar-refractivity contribution in [1.29, 1.82) is 5.26 Å². The van der Waals surface area contributed by atoms with E-state index in [-0.39, 0.29) is 22.4 Å². The molecule has 0 radical (unpaired) electrons. The van der Waals surface area contributed by atoms with Gasteiger partial charge in [-0.05, 0) is 42.0 Å². The van der Waals surface area contributed by atoms with Crippen LogP contribution in [0.5, 0.6) is 5.75 Å². The number of benzene rings is 3. The Labute approximate surface area is 176 Å². The quantitative estimate of drug-likeness (QED) is 0.151. The number of nitriles is 1. The van der Waals surface area contributed by atoms with Gasteiger partial charge in [-0.1, -0.05) is 48.5 Å². The molecule has 4 rings (SSSR count). The first kappa shape index (κ1) is 19.8. The van der Waals surface area contributed by atoms with E-state index < -0.39 is 17.4 Å². The highest BCUT2D eigenvalue weighted by atomic mass is 19.1. The van der Waals surface area contributed by atoms with Gasteiger partial charge in [0.2, 0.25) is 0 Å². The van der Waals surface area contributed by atoms with E-state index in [9.17, 15) is 19.2 Å². The molecule has 0 aliphatic rings. The van der Waals surface area contributed by atoms with Crippen LogP contribution in [0.15, 0.2) is 88.1 Å². The molecule has 1 aromatic heterocycles. The number of carbonyl (C=O) groups excluding carboxylic acids is 1. The van der Waals surface area contributed by atoms with Gasteiger partial charge in [-0.25, -0.2) is 14.0 Å². The van der Waals surface area contributed by atoms with Gasteiger partial charge in [0.1, 0.15) is 22.7 Å². The Hall–Kier alpha value is -4.50. The van der Waals surface area contributed by atoms with Crippen LogP contribution in [0.2, 0.25) is 0 Å². The molecule has 0 bridgehead atoms. The van der Waals surface area contributed by atoms with E-state index in [0.29, 0.717) is 16.5 Å². The lowest BCUT2D eigenvalue weighted by atomic mass is 10.0. The van der Waals surface area contributed by atoms with Gasteiger partial charge >= 0.3 is 11.6 Å². The Morgan fingerprint density at radius 1 is 0.968 bits per heavy atom. The first-order valence-corrected chi connectivity index (χ1v) is 9.27. The van der Waals surface area contributed by atoms with Crippen LogP contribution in [0.4, 0.5) is 4.39 Å². The van der Waals surface area contributed by atoms with E-state index >= 15 is 0 Å². The highest BCUT2D eigenvalue weighted by molar-refractivity contribution is 5.94. The Morgan fingerprint density at radius 2 is 1.74 bits per heavy atom. The average Bonchev–Trinajstić information content (AvgIpc) is 2.77. The van der Waals surface area contributed by atoms with Crippen LogP contribution in [-0.4, -0.2) is 5.97 Å². The number of halogens is 1. The third-order valence-corrected chi connectivity index (χ3v) is 4.53. The van der Waals surface area contributed by atoms with Crippen LogP contribution in [0.25, 0.3) is 22.6 Å². The van der Waals surface area contributed by atoms with Crippen LogP contribution >= 0.6 is 0 Å². The van der Waals surface area contributed by atoms with E-state index in [2.05, 4.69) is 0 Å². The van der Waals surface area contributed by atoms with Crippen molar-refractivity contribution in [3.05, 3.63) is 112 Å². The maximum absolute atomic E-state index is 14.0. The molecule has 0 spiro atoms. The first-order valence-electron chi connectivity index (χ1n) is 9.27. The van der Waals surface area contributed by atoms with Crippen molar-refractivity contribution >= 4 is 28.6 Å². The van der Waals surface area contributed by atoms with Gasteiger partial charge < -0.3 is 9.15 Å². The molecule has 0 saturated carbocycles. The number of nitrogens with zero attached hydrogens (tertiary/aromatic N) is 1. The van der Waals surface area contributed by atoms with Crippen LogP contribution in [0, 0.1) is 17.1 Å². The molecule has 0 amide bonds. The molecular weight excluding hydrogens is 397 g/mol. The number of hydrogen-bond donors (Lipinski definition) is 0. The second-order valence-corrected chi connectivity index (χ2v) is 6.60. The molecule has 0 aliphatic carbocycles. The molecule has 1 heterocycles. The summed E-state index contributed by atoms with van der Waals surface area (Å²) in [6.07, 6.45) is 1.49. The zero-order valence-electron chi connectivity index (χ0n) is 16.0. The van der Waals surface area contributed by atoms with Crippen molar-refractivity contribution in [3.63, 3.8) is 0 Å². The van der Waals surface area contributed by atoms with E-state index in [0.717, 1.165) is 0 Å². The lowest BCUT2D eigenvalue weighted by Gasteiger charge is -2.06. The third-order valence-electron chi connectivity index (χ3n) is 4.53. The third kappa shape index (κ3) is 4.26.